The van der Waals surface area contributed by atoms with Crippen LogP contribution in [0.15, 0.2) is 42.5 Å². The minimum absolute atomic E-state index is 0.0326. The van der Waals surface area contributed by atoms with Gasteiger partial charge in [-0.2, -0.15) is 0 Å². The summed E-state index contributed by atoms with van der Waals surface area (Å²) >= 11 is 5.76. The molecule has 0 saturated carbocycles. The molecular weight excluding hydrogens is 304 g/mol. The summed E-state index contributed by atoms with van der Waals surface area (Å²) in [5, 5.41) is 9.38. The van der Waals surface area contributed by atoms with E-state index in [4.69, 9.17) is 21.4 Å². The maximum atomic E-state index is 12.1. The van der Waals surface area contributed by atoms with E-state index in [2.05, 4.69) is 13.8 Å². The van der Waals surface area contributed by atoms with Gasteiger partial charge in [-0.25, -0.2) is 9.59 Å². The van der Waals surface area contributed by atoms with Gasteiger partial charge < -0.3 is 9.84 Å². The van der Waals surface area contributed by atoms with Crippen molar-refractivity contribution in [3.8, 4) is 5.75 Å². The van der Waals surface area contributed by atoms with Crippen molar-refractivity contribution in [2.75, 3.05) is 0 Å². The van der Waals surface area contributed by atoms with Crippen LogP contribution >= 0.6 is 11.6 Å². The van der Waals surface area contributed by atoms with Crippen molar-refractivity contribution in [3.63, 3.8) is 0 Å². The molecule has 0 aliphatic rings. The maximum absolute atomic E-state index is 12.1. The number of carbonyl (C=O) groups is 2. The van der Waals surface area contributed by atoms with Crippen molar-refractivity contribution in [2.24, 2.45) is 0 Å². The molecule has 0 aliphatic carbocycles. The minimum atomic E-state index is -1.21. The molecular formula is C17H15ClO4. The van der Waals surface area contributed by atoms with Crippen LogP contribution in [-0.4, -0.2) is 17.0 Å². The summed E-state index contributed by atoms with van der Waals surface area (Å²) in [6.07, 6.45) is 0. The second kappa shape index (κ2) is 6.62. The van der Waals surface area contributed by atoms with Gasteiger partial charge in [0.05, 0.1) is 5.56 Å². The number of hydrogen-bond acceptors (Lipinski definition) is 3. The average molecular weight is 319 g/mol. The van der Waals surface area contributed by atoms with Gasteiger partial charge in [-0.3, -0.25) is 0 Å². The Kier molecular flexibility index (Phi) is 4.83. The Morgan fingerprint density at radius 2 is 1.73 bits per heavy atom. The van der Waals surface area contributed by atoms with Crippen molar-refractivity contribution >= 4 is 23.5 Å². The van der Waals surface area contributed by atoms with Crippen molar-refractivity contribution in [2.45, 2.75) is 19.8 Å². The number of esters is 1. The highest BCUT2D eigenvalue weighted by Crippen LogP contribution is 2.24. The first kappa shape index (κ1) is 16.0. The third-order valence-corrected chi connectivity index (χ3v) is 3.42. The number of hydrogen-bond donors (Lipinski definition) is 1. The highest BCUT2D eigenvalue weighted by molar-refractivity contribution is 6.31. The van der Waals surface area contributed by atoms with Crippen LogP contribution in [0.1, 0.15) is 46.0 Å². The number of carboxylic acids is 1. The average Bonchev–Trinajstić information content (AvgIpc) is 2.48. The fourth-order valence-electron chi connectivity index (χ4n) is 1.92. The summed E-state index contributed by atoms with van der Waals surface area (Å²) in [7, 11) is 0. The van der Waals surface area contributed by atoms with Crippen LogP contribution in [0.25, 0.3) is 0 Å². The molecule has 4 nitrogen and oxygen atoms in total. The normalized spacial score (nSPS) is 10.5. The number of benzene rings is 2. The highest BCUT2D eigenvalue weighted by atomic mass is 35.5. The van der Waals surface area contributed by atoms with Crippen LogP contribution < -0.4 is 4.74 Å². The number of aromatic carboxylic acids is 1. The van der Waals surface area contributed by atoms with Crippen LogP contribution in [0.4, 0.5) is 0 Å². The lowest BCUT2D eigenvalue weighted by Gasteiger charge is -2.09. The molecule has 5 heteroatoms. The second-order valence-electron chi connectivity index (χ2n) is 5.11. The van der Waals surface area contributed by atoms with E-state index >= 15 is 0 Å². The molecule has 0 fully saturated rings. The fraction of sp³-hybridized carbons (Fsp3) is 0.176. The lowest BCUT2D eigenvalue weighted by molar-refractivity contribution is 0.0681. The van der Waals surface area contributed by atoms with Crippen molar-refractivity contribution < 1.29 is 19.4 Å². The first-order valence-corrected chi connectivity index (χ1v) is 7.11. The van der Waals surface area contributed by atoms with Gasteiger partial charge in [0.25, 0.3) is 0 Å². The van der Waals surface area contributed by atoms with Gasteiger partial charge >= 0.3 is 11.9 Å². The number of carboxylic acid groups (broad SMARTS) is 1. The maximum Gasteiger partial charge on any atom is 0.343 e. The molecule has 1 N–H and O–H groups in total. The zero-order valence-electron chi connectivity index (χ0n) is 12.2. The zero-order chi connectivity index (χ0) is 16.3. The van der Waals surface area contributed by atoms with Crippen molar-refractivity contribution in [3.05, 3.63) is 64.2 Å². The third kappa shape index (κ3) is 3.65. The fourth-order valence-corrected chi connectivity index (χ4v) is 2.09. The molecule has 0 spiro atoms. The Hall–Kier alpha value is -2.33. The van der Waals surface area contributed by atoms with Crippen LogP contribution in [0.3, 0.4) is 0 Å². The Morgan fingerprint density at radius 3 is 2.27 bits per heavy atom. The van der Waals surface area contributed by atoms with E-state index in [1.54, 1.807) is 12.1 Å². The van der Waals surface area contributed by atoms with E-state index in [1.165, 1.54) is 18.2 Å². The molecule has 114 valence electrons. The van der Waals surface area contributed by atoms with Gasteiger partial charge in [0.15, 0.2) is 0 Å². The molecule has 2 aromatic rings. The monoisotopic (exact) mass is 318 g/mol. The van der Waals surface area contributed by atoms with Crippen molar-refractivity contribution in [1.29, 1.82) is 0 Å². The molecule has 0 heterocycles. The molecule has 0 aliphatic heterocycles. The van der Waals surface area contributed by atoms with E-state index < -0.39 is 11.9 Å². The molecule has 2 rings (SSSR count). The van der Waals surface area contributed by atoms with Gasteiger partial charge in [0.1, 0.15) is 11.3 Å². The van der Waals surface area contributed by atoms with Crippen LogP contribution in [0, 0.1) is 0 Å². The van der Waals surface area contributed by atoms with Gasteiger partial charge in [-0.05, 0) is 41.8 Å². The highest BCUT2D eigenvalue weighted by Gasteiger charge is 2.16. The molecule has 0 aromatic heterocycles. The van der Waals surface area contributed by atoms with Gasteiger partial charge in [-0.15, -0.1) is 0 Å². The van der Waals surface area contributed by atoms with Gasteiger partial charge in [0.2, 0.25) is 0 Å². The SMILES string of the molecule is CC(C)c1ccc(C(=O)Oc2ccc(Cl)cc2C(=O)O)cc1. The summed E-state index contributed by atoms with van der Waals surface area (Å²) in [5.74, 6) is -1.49. The first-order chi connectivity index (χ1) is 10.4. The topological polar surface area (TPSA) is 63.6 Å². The third-order valence-electron chi connectivity index (χ3n) is 3.19. The molecule has 0 amide bonds. The summed E-state index contributed by atoms with van der Waals surface area (Å²) in [6, 6.07) is 11.1. The largest absolute Gasteiger partial charge is 0.478 e. The summed E-state index contributed by atoms with van der Waals surface area (Å²) in [4.78, 5) is 23.3. The van der Waals surface area contributed by atoms with Gasteiger partial charge in [-0.1, -0.05) is 37.6 Å². The molecule has 2 aromatic carbocycles. The van der Waals surface area contributed by atoms with Crippen LogP contribution in [0.2, 0.25) is 5.02 Å². The summed E-state index contributed by atoms with van der Waals surface area (Å²) in [5.41, 5.74) is 1.31. The summed E-state index contributed by atoms with van der Waals surface area (Å²) in [6.45, 7) is 4.11. The first-order valence-electron chi connectivity index (χ1n) is 6.73. The Balaban J connectivity index is 2.23. The van der Waals surface area contributed by atoms with Crippen LogP contribution in [-0.2, 0) is 0 Å². The minimum Gasteiger partial charge on any atom is -0.478 e. The lowest BCUT2D eigenvalue weighted by Crippen LogP contribution is -2.11. The van der Waals surface area contributed by atoms with Gasteiger partial charge in [0, 0.05) is 5.02 Å². The van der Waals surface area contributed by atoms with E-state index in [0.717, 1.165) is 5.56 Å². The number of carbonyl (C=O) groups excluding carboxylic acids is 1. The van der Waals surface area contributed by atoms with Crippen LogP contribution in [0.5, 0.6) is 5.75 Å². The zero-order valence-corrected chi connectivity index (χ0v) is 12.9. The molecule has 0 bridgehead atoms. The molecule has 0 saturated heterocycles. The number of rotatable bonds is 4. The number of halogens is 1. The quantitative estimate of drug-likeness (QED) is 0.671. The Morgan fingerprint density at radius 1 is 1.09 bits per heavy atom. The number of ether oxygens (including phenoxy) is 1. The van der Waals surface area contributed by atoms with E-state index in [9.17, 15) is 9.59 Å². The predicted octanol–water partition coefficient (Wildman–Crippen LogP) is 4.38. The van der Waals surface area contributed by atoms with E-state index in [-0.39, 0.29) is 16.3 Å². The molecule has 0 radical (unpaired) electrons. The van der Waals surface area contributed by atoms with E-state index in [0.29, 0.717) is 11.5 Å². The van der Waals surface area contributed by atoms with Crippen molar-refractivity contribution in [1.82, 2.24) is 0 Å². The second-order valence-corrected chi connectivity index (χ2v) is 5.55. The Labute approximate surface area is 133 Å². The summed E-state index contributed by atoms with van der Waals surface area (Å²) < 4.78 is 5.17. The van der Waals surface area contributed by atoms with E-state index in [1.807, 2.05) is 12.1 Å². The predicted molar refractivity (Wildman–Crippen MR) is 83.9 cm³/mol. The molecule has 22 heavy (non-hydrogen) atoms. The smallest absolute Gasteiger partial charge is 0.343 e. The molecule has 0 unspecified atom stereocenters. The standard InChI is InChI=1S/C17H15ClO4/c1-10(2)11-3-5-12(6-4-11)17(21)22-15-8-7-13(18)9-14(15)16(19)20/h3-10H,1-2H3,(H,19,20). The Bertz CT molecular complexity index is 705. The lowest BCUT2D eigenvalue weighted by atomic mass is 10.0. The molecule has 0 atom stereocenters.